The van der Waals surface area contributed by atoms with Crippen molar-refractivity contribution in [2.45, 2.75) is 13.3 Å². The number of fused-ring (bicyclic) bond motifs is 1. The predicted molar refractivity (Wildman–Crippen MR) is 71.5 cm³/mol. The van der Waals surface area contributed by atoms with E-state index in [-0.39, 0.29) is 0 Å². The van der Waals surface area contributed by atoms with Crippen molar-refractivity contribution in [2.24, 2.45) is 5.92 Å². The molecule has 1 saturated heterocycles. The highest BCUT2D eigenvalue weighted by atomic mass is 16.7. The number of nitrogens with one attached hydrogen (secondary N) is 1. The third kappa shape index (κ3) is 2.12. The van der Waals surface area contributed by atoms with Gasteiger partial charge in [-0.2, -0.15) is 0 Å². The molecule has 2 aliphatic rings. The number of benzene rings is 1. The molecule has 1 aromatic rings. The number of rotatable bonds is 3. The van der Waals surface area contributed by atoms with Crippen LogP contribution in [0.5, 0.6) is 11.5 Å². The van der Waals surface area contributed by atoms with Crippen molar-refractivity contribution in [3.05, 3.63) is 17.7 Å². The van der Waals surface area contributed by atoms with Crippen LogP contribution in [0.2, 0.25) is 0 Å². The molecule has 0 amide bonds. The zero-order valence-corrected chi connectivity index (χ0v) is 11.0. The number of anilines is 1. The van der Waals surface area contributed by atoms with Crippen LogP contribution < -0.4 is 19.7 Å². The summed E-state index contributed by atoms with van der Waals surface area (Å²) in [7, 11) is 2.16. The standard InChI is InChI=1S/C14H20N2O2/c1-10-5-13-14(18-9-17-13)6-12(10)16(2)8-11-3-4-15-7-11/h5-6,11,15H,3-4,7-9H2,1-2H3. The second-order valence-corrected chi connectivity index (χ2v) is 5.23. The number of hydrogen-bond acceptors (Lipinski definition) is 4. The minimum atomic E-state index is 0.342. The lowest BCUT2D eigenvalue weighted by Gasteiger charge is -2.24. The van der Waals surface area contributed by atoms with Gasteiger partial charge < -0.3 is 19.7 Å². The fraction of sp³-hybridized carbons (Fsp3) is 0.571. The molecule has 0 aromatic heterocycles. The fourth-order valence-electron chi connectivity index (χ4n) is 2.80. The summed E-state index contributed by atoms with van der Waals surface area (Å²) in [5.41, 5.74) is 2.49. The van der Waals surface area contributed by atoms with Crippen LogP contribution in [0.1, 0.15) is 12.0 Å². The van der Waals surface area contributed by atoms with Crippen molar-refractivity contribution in [3.63, 3.8) is 0 Å². The quantitative estimate of drug-likeness (QED) is 0.884. The molecule has 1 aromatic carbocycles. The number of hydrogen-bond donors (Lipinski definition) is 1. The molecular weight excluding hydrogens is 228 g/mol. The summed E-state index contributed by atoms with van der Waals surface area (Å²) in [5, 5.41) is 3.41. The van der Waals surface area contributed by atoms with Crippen molar-refractivity contribution in [1.29, 1.82) is 0 Å². The minimum absolute atomic E-state index is 0.342. The molecule has 4 nitrogen and oxygen atoms in total. The van der Waals surface area contributed by atoms with E-state index in [2.05, 4.69) is 36.3 Å². The molecule has 1 unspecified atom stereocenters. The van der Waals surface area contributed by atoms with Gasteiger partial charge in [-0.3, -0.25) is 0 Å². The van der Waals surface area contributed by atoms with Crippen LogP contribution in [0.4, 0.5) is 5.69 Å². The largest absolute Gasteiger partial charge is 0.454 e. The predicted octanol–water partition coefficient (Wildman–Crippen LogP) is 1.77. The Morgan fingerprint density at radius 3 is 2.83 bits per heavy atom. The van der Waals surface area contributed by atoms with Gasteiger partial charge in [0.1, 0.15) is 0 Å². The van der Waals surface area contributed by atoms with E-state index in [4.69, 9.17) is 9.47 Å². The number of nitrogens with zero attached hydrogens (tertiary/aromatic N) is 1. The summed E-state index contributed by atoms with van der Waals surface area (Å²) >= 11 is 0. The molecule has 98 valence electrons. The topological polar surface area (TPSA) is 33.7 Å². The summed E-state index contributed by atoms with van der Waals surface area (Å²) in [4.78, 5) is 2.33. The maximum absolute atomic E-state index is 5.45. The van der Waals surface area contributed by atoms with Crippen LogP contribution in [0.15, 0.2) is 12.1 Å². The molecule has 0 bridgehead atoms. The second-order valence-electron chi connectivity index (χ2n) is 5.23. The third-order valence-corrected chi connectivity index (χ3v) is 3.80. The van der Waals surface area contributed by atoms with E-state index < -0.39 is 0 Å². The van der Waals surface area contributed by atoms with Gasteiger partial charge in [-0.05, 0) is 44.0 Å². The van der Waals surface area contributed by atoms with E-state index in [9.17, 15) is 0 Å². The Kier molecular flexibility index (Phi) is 3.04. The van der Waals surface area contributed by atoms with Gasteiger partial charge in [-0.25, -0.2) is 0 Å². The van der Waals surface area contributed by atoms with Gasteiger partial charge in [0.25, 0.3) is 0 Å². The molecule has 4 heteroatoms. The van der Waals surface area contributed by atoms with Crippen LogP contribution in [0, 0.1) is 12.8 Å². The van der Waals surface area contributed by atoms with Gasteiger partial charge in [0.2, 0.25) is 6.79 Å². The highest BCUT2D eigenvalue weighted by molar-refractivity contribution is 5.62. The molecule has 2 aliphatic heterocycles. The average molecular weight is 248 g/mol. The highest BCUT2D eigenvalue weighted by Crippen LogP contribution is 2.38. The van der Waals surface area contributed by atoms with Crippen molar-refractivity contribution < 1.29 is 9.47 Å². The minimum Gasteiger partial charge on any atom is -0.454 e. The van der Waals surface area contributed by atoms with Crippen molar-refractivity contribution in [2.75, 3.05) is 38.4 Å². The Bertz CT molecular complexity index is 442. The highest BCUT2D eigenvalue weighted by Gasteiger charge is 2.20. The van der Waals surface area contributed by atoms with Crippen LogP contribution in [0.25, 0.3) is 0 Å². The smallest absolute Gasteiger partial charge is 0.231 e. The lowest BCUT2D eigenvalue weighted by Crippen LogP contribution is -2.27. The molecule has 1 fully saturated rings. The molecule has 0 spiro atoms. The normalized spacial score (nSPS) is 21.3. The lowest BCUT2D eigenvalue weighted by atomic mass is 10.1. The first kappa shape index (κ1) is 11.7. The van der Waals surface area contributed by atoms with Gasteiger partial charge in [-0.1, -0.05) is 0 Å². The SMILES string of the molecule is Cc1cc2c(cc1N(C)CC1CCNC1)OCO2. The van der Waals surface area contributed by atoms with Crippen LogP contribution in [-0.4, -0.2) is 33.5 Å². The van der Waals surface area contributed by atoms with Gasteiger partial charge in [-0.15, -0.1) is 0 Å². The Labute approximate surface area is 108 Å². The van der Waals surface area contributed by atoms with Gasteiger partial charge >= 0.3 is 0 Å². The van der Waals surface area contributed by atoms with Gasteiger partial charge in [0, 0.05) is 25.3 Å². The van der Waals surface area contributed by atoms with Crippen LogP contribution in [0.3, 0.4) is 0 Å². The molecular formula is C14H20N2O2. The summed E-state index contributed by atoms with van der Waals surface area (Å²) in [6.07, 6.45) is 1.27. The van der Waals surface area contributed by atoms with Gasteiger partial charge in [0.15, 0.2) is 11.5 Å². The monoisotopic (exact) mass is 248 g/mol. The van der Waals surface area contributed by atoms with E-state index in [1.54, 1.807) is 0 Å². The maximum atomic E-state index is 5.45. The third-order valence-electron chi connectivity index (χ3n) is 3.80. The van der Waals surface area contributed by atoms with Gasteiger partial charge in [0.05, 0.1) is 0 Å². The number of ether oxygens (including phenoxy) is 2. The fourth-order valence-corrected chi connectivity index (χ4v) is 2.80. The zero-order chi connectivity index (χ0) is 12.5. The Hall–Kier alpha value is -1.42. The summed E-state index contributed by atoms with van der Waals surface area (Å²) in [5.74, 6) is 2.49. The second kappa shape index (κ2) is 4.69. The molecule has 0 saturated carbocycles. The van der Waals surface area contributed by atoms with Crippen molar-refractivity contribution >= 4 is 5.69 Å². The Morgan fingerprint density at radius 2 is 2.11 bits per heavy atom. The van der Waals surface area contributed by atoms with Crippen molar-refractivity contribution in [1.82, 2.24) is 5.32 Å². The maximum Gasteiger partial charge on any atom is 0.231 e. The van der Waals surface area contributed by atoms with E-state index >= 15 is 0 Å². The first-order valence-electron chi connectivity index (χ1n) is 6.56. The summed E-state index contributed by atoms with van der Waals surface area (Å²) in [6, 6.07) is 4.17. The van der Waals surface area contributed by atoms with E-state index in [0.717, 1.165) is 37.1 Å². The number of aryl methyl sites for hydroxylation is 1. The average Bonchev–Trinajstić information content (AvgIpc) is 2.98. The van der Waals surface area contributed by atoms with Crippen molar-refractivity contribution in [3.8, 4) is 11.5 Å². The molecule has 0 aliphatic carbocycles. The molecule has 0 radical (unpaired) electrons. The molecule has 1 N–H and O–H groups in total. The molecule has 18 heavy (non-hydrogen) atoms. The van der Waals surface area contributed by atoms with E-state index in [1.807, 2.05) is 0 Å². The van der Waals surface area contributed by atoms with Crippen LogP contribution in [-0.2, 0) is 0 Å². The molecule has 1 atom stereocenters. The summed E-state index contributed by atoms with van der Waals surface area (Å²) < 4.78 is 10.8. The Morgan fingerprint density at radius 1 is 1.33 bits per heavy atom. The van der Waals surface area contributed by atoms with E-state index in [1.165, 1.54) is 17.7 Å². The molecule has 3 rings (SSSR count). The Balaban J connectivity index is 1.78. The summed E-state index contributed by atoms with van der Waals surface area (Å²) in [6.45, 7) is 5.84. The van der Waals surface area contributed by atoms with Crippen LogP contribution >= 0.6 is 0 Å². The van der Waals surface area contributed by atoms with E-state index in [0.29, 0.717) is 6.79 Å². The zero-order valence-electron chi connectivity index (χ0n) is 11.0. The lowest BCUT2D eigenvalue weighted by molar-refractivity contribution is 0.174. The molecule has 2 heterocycles. The first-order valence-corrected chi connectivity index (χ1v) is 6.56. The first-order chi connectivity index (χ1) is 8.74.